The van der Waals surface area contributed by atoms with Crippen LogP contribution in [-0.2, 0) is 9.53 Å². The van der Waals surface area contributed by atoms with Gasteiger partial charge in [-0.15, -0.1) is 0 Å². The number of nitrogens with zero attached hydrogens (tertiary/aromatic N) is 2. The second kappa shape index (κ2) is 8.69. The zero-order chi connectivity index (χ0) is 20.1. The van der Waals surface area contributed by atoms with Gasteiger partial charge in [0.2, 0.25) is 0 Å². The normalized spacial score (nSPS) is 11.7. The van der Waals surface area contributed by atoms with Gasteiger partial charge in [-0.1, -0.05) is 41.9 Å². The number of rotatable bonds is 6. The Morgan fingerprint density at radius 2 is 1.86 bits per heavy atom. The van der Waals surface area contributed by atoms with Gasteiger partial charge in [0.15, 0.2) is 6.04 Å². The molecule has 1 heterocycles. The van der Waals surface area contributed by atoms with Crippen molar-refractivity contribution >= 4 is 23.5 Å². The summed E-state index contributed by atoms with van der Waals surface area (Å²) in [6, 6.07) is 15.0. The lowest BCUT2D eigenvalue weighted by molar-refractivity contribution is -0.143. The standard InChI is InChI=1S/C20H18ClN3O4/c1-28-20(27)17(12-25)22-19(26)16-11-24(15-5-3-2-4-6-15)23-18(16)13-7-9-14(21)10-8-13/h2-11,17,25H,12H2,1H3,(H,22,26)/t17-/m0/s1. The smallest absolute Gasteiger partial charge is 0.330 e. The third-order valence-electron chi connectivity index (χ3n) is 4.07. The fourth-order valence-electron chi connectivity index (χ4n) is 2.63. The molecule has 144 valence electrons. The summed E-state index contributed by atoms with van der Waals surface area (Å²) in [5.74, 6) is -1.30. The molecule has 0 spiro atoms. The Morgan fingerprint density at radius 1 is 1.18 bits per heavy atom. The van der Waals surface area contributed by atoms with Crippen LogP contribution in [0.15, 0.2) is 60.8 Å². The summed E-state index contributed by atoms with van der Waals surface area (Å²) in [4.78, 5) is 24.5. The van der Waals surface area contributed by atoms with E-state index in [0.29, 0.717) is 16.3 Å². The zero-order valence-corrected chi connectivity index (χ0v) is 15.8. The Balaban J connectivity index is 2.02. The number of aromatic nitrogens is 2. The maximum atomic E-state index is 12.8. The summed E-state index contributed by atoms with van der Waals surface area (Å²) < 4.78 is 6.17. The van der Waals surface area contributed by atoms with E-state index >= 15 is 0 Å². The monoisotopic (exact) mass is 399 g/mol. The third-order valence-corrected chi connectivity index (χ3v) is 4.32. The van der Waals surface area contributed by atoms with Crippen LogP contribution in [0.25, 0.3) is 16.9 Å². The van der Waals surface area contributed by atoms with E-state index in [1.165, 1.54) is 7.11 Å². The highest BCUT2D eigenvalue weighted by Crippen LogP contribution is 2.25. The fourth-order valence-corrected chi connectivity index (χ4v) is 2.76. The highest BCUT2D eigenvalue weighted by Gasteiger charge is 2.25. The molecule has 1 atom stereocenters. The molecular weight excluding hydrogens is 382 g/mol. The number of aliphatic hydroxyl groups excluding tert-OH is 1. The predicted octanol–water partition coefficient (Wildman–Crippen LogP) is 2.46. The molecule has 1 aromatic heterocycles. The molecular formula is C20H18ClN3O4. The Bertz CT molecular complexity index is 971. The summed E-state index contributed by atoms with van der Waals surface area (Å²) in [7, 11) is 1.18. The van der Waals surface area contributed by atoms with Crippen molar-refractivity contribution in [2.75, 3.05) is 13.7 Å². The lowest BCUT2D eigenvalue weighted by Crippen LogP contribution is -2.44. The molecule has 2 aromatic carbocycles. The first-order valence-electron chi connectivity index (χ1n) is 8.44. The molecule has 28 heavy (non-hydrogen) atoms. The number of methoxy groups -OCH3 is 1. The first-order valence-corrected chi connectivity index (χ1v) is 8.82. The average molecular weight is 400 g/mol. The second-order valence-electron chi connectivity index (χ2n) is 5.91. The molecule has 0 aliphatic heterocycles. The Labute approximate surface area is 166 Å². The van der Waals surface area contributed by atoms with Crippen LogP contribution in [0.1, 0.15) is 10.4 Å². The number of esters is 1. The van der Waals surface area contributed by atoms with Crippen molar-refractivity contribution in [3.8, 4) is 16.9 Å². The van der Waals surface area contributed by atoms with Gasteiger partial charge in [-0.2, -0.15) is 5.10 Å². The van der Waals surface area contributed by atoms with E-state index in [4.69, 9.17) is 11.6 Å². The van der Waals surface area contributed by atoms with E-state index in [1.54, 1.807) is 35.1 Å². The van der Waals surface area contributed by atoms with Crippen molar-refractivity contribution in [1.29, 1.82) is 0 Å². The van der Waals surface area contributed by atoms with Crippen LogP contribution < -0.4 is 5.32 Å². The van der Waals surface area contributed by atoms with Crippen LogP contribution >= 0.6 is 11.6 Å². The molecule has 3 rings (SSSR count). The number of amides is 1. The highest BCUT2D eigenvalue weighted by atomic mass is 35.5. The second-order valence-corrected chi connectivity index (χ2v) is 6.35. The minimum atomic E-state index is -1.17. The largest absolute Gasteiger partial charge is 0.467 e. The van der Waals surface area contributed by atoms with Gasteiger partial charge in [0.05, 0.1) is 25.0 Å². The lowest BCUT2D eigenvalue weighted by atomic mass is 10.1. The van der Waals surface area contributed by atoms with Crippen molar-refractivity contribution < 1.29 is 19.4 Å². The van der Waals surface area contributed by atoms with Crippen LogP contribution in [0.2, 0.25) is 5.02 Å². The molecule has 1 amide bonds. The van der Waals surface area contributed by atoms with E-state index in [0.717, 1.165) is 5.69 Å². The number of ether oxygens (including phenoxy) is 1. The van der Waals surface area contributed by atoms with E-state index in [9.17, 15) is 14.7 Å². The summed E-state index contributed by atoms with van der Waals surface area (Å²) >= 11 is 5.96. The number of halogens is 1. The Morgan fingerprint density at radius 3 is 2.46 bits per heavy atom. The molecule has 0 saturated carbocycles. The summed E-state index contributed by atoms with van der Waals surface area (Å²) in [6.45, 7) is -0.582. The highest BCUT2D eigenvalue weighted by molar-refractivity contribution is 6.30. The van der Waals surface area contributed by atoms with Crippen LogP contribution in [0.3, 0.4) is 0 Å². The van der Waals surface area contributed by atoms with Gasteiger partial charge in [-0.05, 0) is 24.3 Å². The molecule has 0 aliphatic carbocycles. The number of aliphatic hydroxyl groups is 1. The van der Waals surface area contributed by atoms with Crippen molar-refractivity contribution in [2.45, 2.75) is 6.04 Å². The number of carbonyl (C=O) groups excluding carboxylic acids is 2. The fraction of sp³-hybridized carbons (Fsp3) is 0.150. The van der Waals surface area contributed by atoms with E-state index < -0.39 is 24.5 Å². The number of hydrogen-bond acceptors (Lipinski definition) is 5. The number of benzene rings is 2. The van der Waals surface area contributed by atoms with Crippen molar-refractivity contribution in [3.05, 3.63) is 71.4 Å². The number of hydrogen-bond donors (Lipinski definition) is 2. The van der Waals surface area contributed by atoms with E-state index in [2.05, 4.69) is 15.2 Å². The van der Waals surface area contributed by atoms with Crippen molar-refractivity contribution in [2.24, 2.45) is 0 Å². The van der Waals surface area contributed by atoms with Crippen LogP contribution in [0.4, 0.5) is 0 Å². The van der Waals surface area contributed by atoms with Gasteiger partial charge >= 0.3 is 5.97 Å². The van der Waals surface area contributed by atoms with Gasteiger partial charge in [0.1, 0.15) is 5.69 Å². The Kier molecular flexibility index (Phi) is 6.08. The molecule has 0 fully saturated rings. The summed E-state index contributed by atoms with van der Waals surface area (Å²) in [5, 5.41) is 16.9. The third kappa shape index (κ3) is 4.21. The maximum absolute atomic E-state index is 12.8. The van der Waals surface area contributed by atoms with Gasteiger partial charge in [-0.3, -0.25) is 4.79 Å². The molecule has 2 N–H and O–H groups in total. The van der Waals surface area contributed by atoms with Crippen LogP contribution in [0, 0.1) is 0 Å². The lowest BCUT2D eigenvalue weighted by Gasteiger charge is -2.13. The van der Waals surface area contributed by atoms with Crippen molar-refractivity contribution in [3.63, 3.8) is 0 Å². The van der Waals surface area contributed by atoms with Crippen LogP contribution in [-0.4, -0.2) is 46.5 Å². The number of carbonyl (C=O) groups is 2. The van der Waals surface area contributed by atoms with Crippen molar-refractivity contribution in [1.82, 2.24) is 15.1 Å². The van der Waals surface area contributed by atoms with E-state index in [-0.39, 0.29) is 5.56 Å². The van der Waals surface area contributed by atoms with Gasteiger partial charge in [0, 0.05) is 16.8 Å². The quantitative estimate of drug-likeness (QED) is 0.621. The SMILES string of the molecule is COC(=O)[C@H](CO)NC(=O)c1cn(-c2ccccc2)nc1-c1ccc(Cl)cc1. The van der Waals surface area contributed by atoms with Gasteiger partial charge in [0.25, 0.3) is 5.91 Å². The first kappa shape index (κ1) is 19.6. The van der Waals surface area contributed by atoms with E-state index in [1.807, 2.05) is 30.3 Å². The Hall–Kier alpha value is -3.16. The molecule has 0 saturated heterocycles. The van der Waals surface area contributed by atoms with Crippen LogP contribution in [0.5, 0.6) is 0 Å². The maximum Gasteiger partial charge on any atom is 0.330 e. The van der Waals surface area contributed by atoms with Gasteiger partial charge in [-0.25, -0.2) is 9.48 Å². The summed E-state index contributed by atoms with van der Waals surface area (Å²) in [6.07, 6.45) is 1.57. The molecule has 0 bridgehead atoms. The topological polar surface area (TPSA) is 93.5 Å². The zero-order valence-electron chi connectivity index (χ0n) is 15.0. The molecule has 0 aliphatic rings. The average Bonchev–Trinajstić information content (AvgIpc) is 3.18. The minimum absolute atomic E-state index is 0.244. The molecule has 0 unspecified atom stereocenters. The number of para-hydroxylation sites is 1. The minimum Gasteiger partial charge on any atom is -0.467 e. The molecule has 3 aromatic rings. The predicted molar refractivity (Wildman–Crippen MR) is 104 cm³/mol. The molecule has 0 radical (unpaired) electrons. The first-order chi connectivity index (χ1) is 13.5. The number of nitrogens with one attached hydrogen (secondary N) is 1. The summed E-state index contributed by atoms with van der Waals surface area (Å²) in [5.41, 5.74) is 2.11. The van der Waals surface area contributed by atoms with Gasteiger partial charge < -0.3 is 15.2 Å². The molecule has 7 nitrogen and oxygen atoms in total. The molecule has 8 heteroatoms.